The lowest BCUT2D eigenvalue weighted by molar-refractivity contribution is -0.153. The molecule has 0 radical (unpaired) electrons. The normalized spacial score (nSPS) is 11.4. The minimum absolute atomic E-state index is 0.0511. The van der Waals surface area contributed by atoms with Gasteiger partial charge in [-0.1, -0.05) is 0 Å². The van der Waals surface area contributed by atoms with Crippen LogP contribution < -0.4 is 5.56 Å². The number of aromatic amines is 1. The van der Waals surface area contributed by atoms with Gasteiger partial charge in [0.15, 0.2) is 0 Å². The van der Waals surface area contributed by atoms with Crippen molar-refractivity contribution in [3.05, 3.63) is 26.9 Å². The Morgan fingerprint density at radius 3 is 2.61 bits per heavy atom. The van der Waals surface area contributed by atoms with Crippen LogP contribution in [0.15, 0.2) is 4.79 Å². The van der Waals surface area contributed by atoms with E-state index >= 15 is 0 Å². The van der Waals surface area contributed by atoms with E-state index in [1.807, 2.05) is 0 Å². The summed E-state index contributed by atoms with van der Waals surface area (Å²) in [5.41, 5.74) is -0.105. The molecule has 0 atom stereocenters. The average molecular weight is 273 g/mol. The van der Waals surface area contributed by atoms with E-state index in [9.17, 15) is 9.59 Å². The van der Waals surface area contributed by atoms with E-state index in [1.165, 1.54) is 0 Å². The first-order valence-corrected chi connectivity index (χ1v) is 6.08. The van der Waals surface area contributed by atoms with Gasteiger partial charge < -0.3 is 4.74 Å². The third-order valence-corrected chi connectivity index (χ3v) is 2.82. The fourth-order valence-corrected chi connectivity index (χ4v) is 1.84. The second kappa shape index (κ2) is 5.52. The zero-order valence-electron chi connectivity index (χ0n) is 11.0. The third-order valence-electron chi connectivity index (χ3n) is 2.64. The molecule has 1 aromatic rings. The SMILES string of the molecule is CCOC(=O)C(C)(C)Cc1c(C)nc(Cl)[nH]c1=O. The summed E-state index contributed by atoms with van der Waals surface area (Å²) in [6, 6.07) is 0. The van der Waals surface area contributed by atoms with Gasteiger partial charge in [-0.05, 0) is 45.7 Å². The Bertz CT molecular complexity index is 509. The number of carbonyl (C=O) groups excluding carboxylic acids is 1. The van der Waals surface area contributed by atoms with Crippen molar-refractivity contribution in [2.45, 2.75) is 34.1 Å². The molecule has 0 unspecified atom stereocenters. The number of halogens is 1. The number of esters is 1. The standard InChI is InChI=1S/C12H17ClN2O3/c1-5-18-10(17)12(3,4)6-8-7(2)14-11(13)15-9(8)16/h5-6H2,1-4H3,(H,14,15,16). The molecule has 1 N–H and O–H groups in total. The molecule has 1 heterocycles. The Balaban J connectivity index is 3.04. The van der Waals surface area contributed by atoms with E-state index in [0.29, 0.717) is 17.9 Å². The van der Waals surface area contributed by atoms with Gasteiger partial charge in [0.25, 0.3) is 5.56 Å². The molecule has 0 amide bonds. The van der Waals surface area contributed by atoms with Gasteiger partial charge >= 0.3 is 5.97 Å². The largest absolute Gasteiger partial charge is 0.466 e. The van der Waals surface area contributed by atoms with Gasteiger partial charge in [-0.2, -0.15) is 0 Å². The molecule has 0 aliphatic rings. The summed E-state index contributed by atoms with van der Waals surface area (Å²) >= 11 is 5.65. The Morgan fingerprint density at radius 1 is 1.50 bits per heavy atom. The number of rotatable bonds is 4. The van der Waals surface area contributed by atoms with Crippen LogP contribution in [0.3, 0.4) is 0 Å². The molecule has 1 aromatic heterocycles. The molecule has 0 spiro atoms. The quantitative estimate of drug-likeness (QED) is 0.671. The van der Waals surface area contributed by atoms with Gasteiger partial charge in [-0.25, -0.2) is 4.98 Å². The molecule has 0 aromatic carbocycles. The zero-order chi connectivity index (χ0) is 13.9. The van der Waals surface area contributed by atoms with Crippen LogP contribution in [-0.2, 0) is 16.0 Å². The lowest BCUT2D eigenvalue weighted by Crippen LogP contribution is -2.32. The van der Waals surface area contributed by atoms with Crippen molar-refractivity contribution in [3.63, 3.8) is 0 Å². The predicted molar refractivity (Wildman–Crippen MR) is 68.7 cm³/mol. The maximum Gasteiger partial charge on any atom is 0.311 e. The van der Waals surface area contributed by atoms with Crippen LogP contribution in [-0.4, -0.2) is 22.5 Å². The van der Waals surface area contributed by atoms with Crippen molar-refractivity contribution in [1.29, 1.82) is 0 Å². The number of hydrogen-bond acceptors (Lipinski definition) is 4. The highest BCUT2D eigenvalue weighted by molar-refractivity contribution is 6.28. The van der Waals surface area contributed by atoms with Crippen LogP contribution in [0.25, 0.3) is 0 Å². The van der Waals surface area contributed by atoms with Crippen molar-refractivity contribution in [2.75, 3.05) is 6.61 Å². The molecule has 0 bridgehead atoms. The molecule has 0 aliphatic carbocycles. The number of H-pyrrole nitrogens is 1. The second-order valence-electron chi connectivity index (χ2n) is 4.70. The zero-order valence-corrected chi connectivity index (χ0v) is 11.7. The van der Waals surface area contributed by atoms with Gasteiger partial charge in [0.1, 0.15) is 0 Å². The molecule has 0 fully saturated rings. The summed E-state index contributed by atoms with van der Waals surface area (Å²) in [7, 11) is 0. The van der Waals surface area contributed by atoms with Crippen molar-refractivity contribution in [1.82, 2.24) is 9.97 Å². The Hall–Kier alpha value is -1.36. The monoisotopic (exact) mass is 272 g/mol. The Kier molecular flexibility index (Phi) is 4.51. The molecule has 5 nitrogen and oxygen atoms in total. The van der Waals surface area contributed by atoms with E-state index in [0.717, 1.165) is 0 Å². The van der Waals surface area contributed by atoms with Crippen molar-refractivity contribution >= 4 is 17.6 Å². The highest BCUT2D eigenvalue weighted by atomic mass is 35.5. The number of hydrogen-bond donors (Lipinski definition) is 1. The van der Waals surface area contributed by atoms with Gasteiger partial charge in [-0.15, -0.1) is 0 Å². The van der Waals surface area contributed by atoms with Crippen LogP contribution in [0.4, 0.5) is 0 Å². The van der Waals surface area contributed by atoms with Gasteiger partial charge in [0.05, 0.1) is 12.0 Å². The molecule has 0 aliphatic heterocycles. The van der Waals surface area contributed by atoms with E-state index < -0.39 is 5.41 Å². The minimum atomic E-state index is -0.775. The molecule has 6 heteroatoms. The minimum Gasteiger partial charge on any atom is -0.466 e. The van der Waals surface area contributed by atoms with Crippen molar-refractivity contribution < 1.29 is 9.53 Å². The van der Waals surface area contributed by atoms with E-state index in [4.69, 9.17) is 16.3 Å². The number of carbonyl (C=O) groups is 1. The number of nitrogens with one attached hydrogen (secondary N) is 1. The maximum atomic E-state index is 11.8. The number of ether oxygens (including phenoxy) is 1. The first-order chi connectivity index (χ1) is 8.27. The van der Waals surface area contributed by atoms with E-state index in [-0.39, 0.29) is 23.2 Å². The van der Waals surface area contributed by atoms with Crippen molar-refractivity contribution in [2.24, 2.45) is 5.41 Å². The summed E-state index contributed by atoms with van der Waals surface area (Å²) in [6.45, 7) is 7.22. The highest BCUT2D eigenvalue weighted by Crippen LogP contribution is 2.23. The van der Waals surface area contributed by atoms with Crippen LogP contribution in [0.5, 0.6) is 0 Å². The molecule has 1 rings (SSSR count). The maximum absolute atomic E-state index is 11.8. The van der Waals surface area contributed by atoms with Crippen LogP contribution in [0, 0.1) is 12.3 Å². The molecule has 0 saturated heterocycles. The summed E-state index contributed by atoms with van der Waals surface area (Å²) in [5, 5.41) is 0.0511. The molecule has 18 heavy (non-hydrogen) atoms. The van der Waals surface area contributed by atoms with E-state index in [1.54, 1.807) is 27.7 Å². The smallest absolute Gasteiger partial charge is 0.311 e. The average Bonchev–Trinajstić information content (AvgIpc) is 2.23. The topological polar surface area (TPSA) is 72.0 Å². The first-order valence-electron chi connectivity index (χ1n) is 5.70. The van der Waals surface area contributed by atoms with E-state index in [2.05, 4.69) is 9.97 Å². The number of aryl methyl sites for hydroxylation is 1. The van der Waals surface area contributed by atoms with Gasteiger partial charge in [0, 0.05) is 11.3 Å². The summed E-state index contributed by atoms with van der Waals surface area (Å²) < 4.78 is 4.98. The lowest BCUT2D eigenvalue weighted by atomic mass is 9.86. The Labute approximate surface area is 111 Å². The van der Waals surface area contributed by atoms with Gasteiger partial charge in [-0.3, -0.25) is 14.6 Å². The van der Waals surface area contributed by atoms with Crippen LogP contribution in [0.1, 0.15) is 32.0 Å². The van der Waals surface area contributed by atoms with Gasteiger partial charge in [0.2, 0.25) is 5.28 Å². The molecule has 0 saturated carbocycles. The second-order valence-corrected chi connectivity index (χ2v) is 5.06. The molecular weight excluding hydrogens is 256 g/mol. The molecule has 100 valence electrons. The predicted octanol–water partition coefficient (Wildman–Crippen LogP) is 1.86. The number of nitrogens with zero attached hydrogens (tertiary/aromatic N) is 1. The lowest BCUT2D eigenvalue weighted by Gasteiger charge is -2.22. The third kappa shape index (κ3) is 3.32. The first kappa shape index (κ1) is 14.7. The Morgan fingerprint density at radius 2 is 2.11 bits per heavy atom. The fourth-order valence-electron chi connectivity index (χ4n) is 1.62. The van der Waals surface area contributed by atoms with Crippen LogP contribution >= 0.6 is 11.6 Å². The number of aromatic nitrogens is 2. The van der Waals surface area contributed by atoms with Crippen LogP contribution in [0.2, 0.25) is 5.28 Å². The summed E-state index contributed by atoms with van der Waals surface area (Å²) in [6.07, 6.45) is 0.261. The highest BCUT2D eigenvalue weighted by Gasteiger charge is 2.31. The molecular formula is C12H17ClN2O3. The summed E-state index contributed by atoms with van der Waals surface area (Å²) in [4.78, 5) is 30.0. The van der Waals surface area contributed by atoms with Crippen molar-refractivity contribution in [3.8, 4) is 0 Å². The fraction of sp³-hybridized carbons (Fsp3) is 0.583. The summed E-state index contributed by atoms with van der Waals surface area (Å²) in [5.74, 6) is -0.334.